The summed E-state index contributed by atoms with van der Waals surface area (Å²) in [5.74, 6) is 0.600. The highest BCUT2D eigenvalue weighted by atomic mass is 31.2. The first-order chi connectivity index (χ1) is 9.49. The molecule has 0 aromatic rings. The third-order valence-electron chi connectivity index (χ3n) is 5.02. The third-order valence-corrected chi connectivity index (χ3v) is 8.90. The molecule has 0 radical (unpaired) electrons. The Kier molecular flexibility index (Phi) is 4.76. The fourth-order valence-electron chi connectivity index (χ4n) is 3.44. The van der Waals surface area contributed by atoms with Gasteiger partial charge in [0.15, 0.2) is 0 Å². The molecular formula is C11H23NO7P2. The van der Waals surface area contributed by atoms with E-state index < -0.39 is 26.7 Å². The van der Waals surface area contributed by atoms with Gasteiger partial charge in [-0.05, 0) is 50.0 Å². The Bertz CT molecular complexity index is 449. The maximum atomic E-state index is 11.4. The van der Waals surface area contributed by atoms with E-state index in [2.05, 4.69) is 5.32 Å². The molecule has 6 N–H and O–H groups in total. The lowest BCUT2D eigenvalue weighted by atomic mass is 9.69. The summed E-state index contributed by atoms with van der Waals surface area (Å²) in [7, 11) is -10.7. The van der Waals surface area contributed by atoms with E-state index in [9.17, 15) is 33.8 Å². The lowest BCUT2D eigenvalue weighted by Gasteiger charge is -2.39. The van der Waals surface area contributed by atoms with Crippen molar-refractivity contribution in [3.05, 3.63) is 0 Å². The molecule has 2 bridgehead atoms. The molecule has 3 rings (SSSR count). The van der Waals surface area contributed by atoms with Crippen molar-refractivity contribution in [1.29, 1.82) is 0 Å². The Hall–Kier alpha value is 0.220. The zero-order valence-electron chi connectivity index (χ0n) is 11.7. The highest BCUT2D eigenvalue weighted by Crippen LogP contribution is 2.70. The number of rotatable bonds is 5. The molecule has 0 unspecified atom stereocenters. The fraction of sp³-hybridized carbons (Fsp3) is 1.00. The Morgan fingerprint density at radius 2 is 1.62 bits per heavy atom. The van der Waals surface area contributed by atoms with Crippen molar-refractivity contribution < 1.29 is 33.8 Å². The Morgan fingerprint density at radius 1 is 1.10 bits per heavy atom. The van der Waals surface area contributed by atoms with Gasteiger partial charge in [-0.15, -0.1) is 0 Å². The first-order valence-electron chi connectivity index (χ1n) is 7.04. The minimum atomic E-state index is -5.34. The van der Waals surface area contributed by atoms with E-state index in [0.29, 0.717) is 12.5 Å². The van der Waals surface area contributed by atoms with Crippen molar-refractivity contribution in [1.82, 2.24) is 5.32 Å². The Balaban J connectivity index is 2.16. The smallest absolute Gasteiger partial charge is 0.368 e. The van der Waals surface area contributed by atoms with Gasteiger partial charge in [0.25, 0.3) is 5.08 Å². The highest BCUT2D eigenvalue weighted by Gasteiger charge is 2.59. The van der Waals surface area contributed by atoms with Crippen LogP contribution in [0.4, 0.5) is 0 Å². The van der Waals surface area contributed by atoms with Crippen LogP contribution in [0.5, 0.6) is 0 Å². The van der Waals surface area contributed by atoms with E-state index in [1.54, 1.807) is 0 Å². The summed E-state index contributed by atoms with van der Waals surface area (Å²) in [4.78, 5) is 36.7. The average molecular weight is 343 g/mol. The topological polar surface area (TPSA) is 147 Å². The van der Waals surface area contributed by atoms with E-state index in [1.807, 2.05) is 0 Å². The highest BCUT2D eigenvalue weighted by molar-refractivity contribution is 7.72. The molecule has 2 saturated heterocycles. The Morgan fingerprint density at radius 3 is 2.10 bits per heavy atom. The van der Waals surface area contributed by atoms with E-state index in [4.69, 9.17) is 0 Å². The number of fused-ring (bicyclic) bond motifs is 4. The lowest BCUT2D eigenvalue weighted by molar-refractivity contribution is 0.0901. The van der Waals surface area contributed by atoms with Gasteiger partial charge in [-0.3, -0.25) is 9.13 Å². The van der Waals surface area contributed by atoms with Crippen LogP contribution in [0.15, 0.2) is 0 Å². The van der Waals surface area contributed by atoms with Gasteiger partial charge in [0.2, 0.25) is 0 Å². The molecule has 0 aromatic heterocycles. The number of hydrogen-bond acceptors (Lipinski definition) is 4. The molecule has 0 amide bonds. The molecule has 2 aliphatic heterocycles. The van der Waals surface area contributed by atoms with E-state index in [1.165, 1.54) is 0 Å². The zero-order valence-corrected chi connectivity index (χ0v) is 13.5. The van der Waals surface area contributed by atoms with Crippen LogP contribution in [0.3, 0.4) is 0 Å². The predicted molar refractivity (Wildman–Crippen MR) is 75.5 cm³/mol. The van der Waals surface area contributed by atoms with Crippen LogP contribution in [0.2, 0.25) is 0 Å². The summed E-state index contributed by atoms with van der Waals surface area (Å²) in [6, 6.07) is 0. The summed E-state index contributed by atoms with van der Waals surface area (Å²) >= 11 is 0. The summed E-state index contributed by atoms with van der Waals surface area (Å²) in [5.41, 5.74) is -0.245. The zero-order chi connectivity index (χ0) is 15.9. The number of hydrogen-bond donors (Lipinski definition) is 6. The van der Waals surface area contributed by atoms with Gasteiger partial charge in [-0.2, -0.15) is 0 Å². The van der Waals surface area contributed by atoms with Crippen molar-refractivity contribution in [2.45, 2.75) is 43.6 Å². The van der Waals surface area contributed by atoms with Crippen LogP contribution >= 0.6 is 15.2 Å². The van der Waals surface area contributed by atoms with Crippen molar-refractivity contribution in [2.24, 2.45) is 11.3 Å². The number of aliphatic hydroxyl groups is 1. The molecule has 124 valence electrons. The molecule has 1 saturated carbocycles. The SMILES string of the molecule is O=P(O)(O)C(O)(CCC12CCC(CC1)CNC2)P(=O)(O)O. The minimum Gasteiger partial charge on any atom is -0.368 e. The fourth-order valence-corrected chi connectivity index (χ4v) is 5.61. The molecule has 2 heterocycles. The van der Waals surface area contributed by atoms with Crippen LogP contribution in [0.1, 0.15) is 38.5 Å². The van der Waals surface area contributed by atoms with Gasteiger partial charge in [-0.1, -0.05) is 0 Å². The molecule has 3 aliphatic rings. The maximum Gasteiger partial charge on any atom is 0.369 e. The van der Waals surface area contributed by atoms with Crippen molar-refractivity contribution >= 4 is 15.2 Å². The molecule has 21 heavy (non-hydrogen) atoms. The van der Waals surface area contributed by atoms with Crippen LogP contribution < -0.4 is 5.32 Å². The first-order valence-corrected chi connectivity index (χ1v) is 10.3. The first kappa shape index (κ1) is 17.6. The lowest BCUT2D eigenvalue weighted by Crippen LogP contribution is -2.36. The van der Waals surface area contributed by atoms with Crippen LogP contribution in [0, 0.1) is 11.3 Å². The summed E-state index contributed by atoms with van der Waals surface area (Å²) in [6.07, 6.45) is 3.27. The van der Waals surface area contributed by atoms with Crippen molar-refractivity contribution in [2.75, 3.05) is 13.1 Å². The second kappa shape index (κ2) is 5.69. The molecule has 1 aliphatic carbocycles. The molecular weight excluding hydrogens is 320 g/mol. The second-order valence-corrected chi connectivity index (χ2v) is 10.4. The van der Waals surface area contributed by atoms with Crippen molar-refractivity contribution in [3.63, 3.8) is 0 Å². The van der Waals surface area contributed by atoms with Gasteiger partial charge in [-0.25, -0.2) is 0 Å². The average Bonchev–Trinajstić information content (AvgIpc) is 2.67. The monoisotopic (exact) mass is 343 g/mol. The predicted octanol–water partition coefficient (Wildman–Crippen LogP) is 0.548. The number of nitrogens with one attached hydrogen (secondary N) is 1. The standard InChI is InChI=1S/C11H23NO7P2/c13-11(20(14,15)16,21(17,18)19)6-5-10-3-1-9(2-4-10)7-12-8-10/h9,12-13H,1-8H2,(H2,14,15,16)(H2,17,18,19). The molecule has 0 spiro atoms. The second-order valence-electron chi connectivity index (χ2n) is 6.44. The molecule has 10 heteroatoms. The van der Waals surface area contributed by atoms with Crippen LogP contribution in [-0.4, -0.2) is 42.9 Å². The van der Waals surface area contributed by atoms with E-state index in [-0.39, 0.29) is 11.8 Å². The van der Waals surface area contributed by atoms with Gasteiger partial charge in [0, 0.05) is 13.0 Å². The van der Waals surface area contributed by atoms with Gasteiger partial charge in [0.05, 0.1) is 0 Å². The molecule has 3 fully saturated rings. The summed E-state index contributed by atoms with van der Waals surface area (Å²) in [5, 5.41) is 9.98. The molecule has 0 atom stereocenters. The maximum absolute atomic E-state index is 11.4. The van der Waals surface area contributed by atoms with Gasteiger partial charge in [0.1, 0.15) is 0 Å². The minimum absolute atomic E-state index is 0.180. The normalized spacial score (nSPS) is 31.2. The van der Waals surface area contributed by atoms with Crippen LogP contribution in [0.25, 0.3) is 0 Å². The quantitative estimate of drug-likeness (QED) is 0.397. The Labute approximate surface area is 123 Å². The summed E-state index contributed by atoms with van der Waals surface area (Å²) < 4.78 is 22.8. The van der Waals surface area contributed by atoms with Gasteiger partial charge < -0.3 is 30.0 Å². The molecule has 8 nitrogen and oxygen atoms in total. The molecule has 0 aromatic carbocycles. The van der Waals surface area contributed by atoms with Crippen LogP contribution in [-0.2, 0) is 9.13 Å². The largest absolute Gasteiger partial charge is 0.369 e. The van der Waals surface area contributed by atoms with E-state index in [0.717, 1.165) is 32.2 Å². The van der Waals surface area contributed by atoms with E-state index >= 15 is 0 Å². The van der Waals surface area contributed by atoms with Gasteiger partial charge >= 0.3 is 15.2 Å². The van der Waals surface area contributed by atoms with Crippen molar-refractivity contribution in [3.8, 4) is 0 Å². The summed E-state index contributed by atoms with van der Waals surface area (Å²) in [6.45, 7) is 1.56. The third kappa shape index (κ3) is 3.43.